The monoisotopic (exact) mass is 266 g/mol. The predicted molar refractivity (Wildman–Crippen MR) is 74.7 cm³/mol. The summed E-state index contributed by atoms with van der Waals surface area (Å²) in [6.07, 6.45) is 1.01. The molecule has 1 heterocycles. The van der Waals surface area contributed by atoms with Gasteiger partial charge in [-0.2, -0.15) is 0 Å². The molecule has 1 N–H and O–H groups in total. The van der Waals surface area contributed by atoms with Gasteiger partial charge < -0.3 is 19.1 Å². The molecule has 19 heavy (non-hydrogen) atoms. The molecule has 4 nitrogen and oxygen atoms in total. The molecule has 1 aliphatic rings. The molecule has 0 fully saturated rings. The van der Waals surface area contributed by atoms with E-state index in [1.54, 1.807) is 14.2 Å². The van der Waals surface area contributed by atoms with Gasteiger partial charge in [0.05, 0.1) is 34.4 Å². The number of benzene rings is 1. The zero-order valence-electron chi connectivity index (χ0n) is 12.3. The number of aliphatic hydroxyl groups excluding tert-OH is 1. The van der Waals surface area contributed by atoms with Crippen molar-refractivity contribution < 1.29 is 19.1 Å². The topological polar surface area (TPSA) is 38.7 Å². The maximum Gasteiger partial charge on any atom is 0.161 e. The standard InChI is InChI=1S/C15H24NO3/c1-11-13-10-15(19-4)14(18-3)9-12(13)5-6-16(11,2)7-8-17/h9-11,17H,5-8H2,1-4H3/q+1/t11-,16+/m0/s1. The van der Waals surface area contributed by atoms with Crippen molar-refractivity contribution in [2.24, 2.45) is 0 Å². The maximum atomic E-state index is 9.27. The number of nitrogens with zero attached hydrogens (tertiary/aromatic N) is 1. The summed E-state index contributed by atoms with van der Waals surface area (Å²) in [6.45, 7) is 4.28. The van der Waals surface area contributed by atoms with Gasteiger partial charge in [0.25, 0.3) is 0 Å². The summed E-state index contributed by atoms with van der Waals surface area (Å²) in [7, 11) is 5.54. The van der Waals surface area contributed by atoms with Crippen LogP contribution in [0.5, 0.6) is 11.5 Å². The first kappa shape index (κ1) is 14.2. The number of aliphatic hydroxyl groups is 1. The van der Waals surface area contributed by atoms with Crippen molar-refractivity contribution in [1.82, 2.24) is 0 Å². The van der Waals surface area contributed by atoms with Gasteiger partial charge >= 0.3 is 0 Å². The molecule has 1 aromatic rings. The fourth-order valence-electron chi connectivity index (χ4n) is 2.98. The highest BCUT2D eigenvalue weighted by Crippen LogP contribution is 2.40. The minimum atomic E-state index is 0.226. The maximum absolute atomic E-state index is 9.27. The Morgan fingerprint density at radius 3 is 2.47 bits per heavy atom. The van der Waals surface area contributed by atoms with Crippen LogP contribution in [0, 0.1) is 0 Å². The largest absolute Gasteiger partial charge is 0.493 e. The second-order valence-corrected chi connectivity index (χ2v) is 5.48. The molecule has 2 rings (SSSR count). The van der Waals surface area contributed by atoms with Gasteiger partial charge in [0.2, 0.25) is 0 Å². The van der Waals surface area contributed by atoms with Gasteiger partial charge in [-0.3, -0.25) is 0 Å². The zero-order chi connectivity index (χ0) is 14.0. The van der Waals surface area contributed by atoms with Crippen LogP contribution >= 0.6 is 0 Å². The highest BCUT2D eigenvalue weighted by atomic mass is 16.5. The first-order chi connectivity index (χ1) is 9.05. The normalized spacial score (nSPS) is 25.8. The van der Waals surface area contributed by atoms with Gasteiger partial charge in [0.1, 0.15) is 12.6 Å². The van der Waals surface area contributed by atoms with Crippen LogP contribution in [0.15, 0.2) is 12.1 Å². The highest BCUT2D eigenvalue weighted by molar-refractivity contribution is 5.48. The minimum absolute atomic E-state index is 0.226. The fraction of sp³-hybridized carbons (Fsp3) is 0.600. The van der Waals surface area contributed by atoms with E-state index in [0.717, 1.165) is 35.5 Å². The third-order valence-corrected chi connectivity index (χ3v) is 4.53. The number of hydrogen-bond donors (Lipinski definition) is 1. The van der Waals surface area contributed by atoms with Gasteiger partial charge in [0.15, 0.2) is 11.5 Å². The van der Waals surface area contributed by atoms with Gasteiger partial charge in [-0.05, 0) is 24.6 Å². The SMILES string of the molecule is COc1cc2c(cc1OC)[C@H](C)[N@@+](C)(CCO)CC2. The van der Waals surface area contributed by atoms with Crippen molar-refractivity contribution in [3.8, 4) is 11.5 Å². The number of quaternary nitrogens is 1. The quantitative estimate of drug-likeness (QED) is 0.844. The summed E-state index contributed by atoms with van der Waals surface area (Å²) in [4.78, 5) is 0. The average Bonchev–Trinajstić information content (AvgIpc) is 2.42. The van der Waals surface area contributed by atoms with Crippen LogP contribution in [0.2, 0.25) is 0 Å². The third kappa shape index (κ3) is 2.42. The Balaban J connectivity index is 2.43. The minimum Gasteiger partial charge on any atom is -0.493 e. The number of rotatable bonds is 4. The summed E-state index contributed by atoms with van der Waals surface area (Å²) in [5, 5.41) is 9.27. The molecule has 0 aliphatic carbocycles. The van der Waals surface area contributed by atoms with Crippen molar-refractivity contribution in [1.29, 1.82) is 0 Å². The molecule has 0 bridgehead atoms. The first-order valence-electron chi connectivity index (χ1n) is 6.75. The van der Waals surface area contributed by atoms with Crippen molar-refractivity contribution in [3.05, 3.63) is 23.3 Å². The Morgan fingerprint density at radius 1 is 1.26 bits per heavy atom. The number of likely N-dealkylation sites (N-methyl/N-ethyl adjacent to an activating group) is 1. The second-order valence-electron chi connectivity index (χ2n) is 5.48. The summed E-state index contributed by atoms with van der Waals surface area (Å²) in [5.74, 6) is 1.58. The lowest BCUT2D eigenvalue weighted by Gasteiger charge is -2.44. The Kier molecular flexibility index (Phi) is 4.02. The van der Waals surface area contributed by atoms with E-state index in [1.165, 1.54) is 11.1 Å². The predicted octanol–water partition coefficient (Wildman–Crippen LogP) is 1.76. The molecule has 2 atom stereocenters. The van der Waals surface area contributed by atoms with Crippen LogP contribution in [-0.4, -0.2) is 50.6 Å². The molecular weight excluding hydrogens is 242 g/mol. The van der Waals surface area contributed by atoms with Gasteiger partial charge in [-0.25, -0.2) is 0 Å². The molecule has 0 amide bonds. The summed E-state index contributed by atoms with van der Waals surface area (Å²) < 4.78 is 11.6. The lowest BCUT2D eigenvalue weighted by atomic mass is 9.91. The molecule has 1 aliphatic heterocycles. The van der Waals surface area contributed by atoms with E-state index in [-0.39, 0.29) is 6.61 Å². The first-order valence-corrected chi connectivity index (χ1v) is 6.75. The second kappa shape index (κ2) is 5.39. The van der Waals surface area contributed by atoms with E-state index in [2.05, 4.69) is 26.1 Å². The molecule has 0 saturated carbocycles. The van der Waals surface area contributed by atoms with Crippen molar-refractivity contribution >= 4 is 0 Å². The Bertz CT molecular complexity index is 461. The number of fused-ring (bicyclic) bond motifs is 1. The molecular formula is C15H24NO3+. The molecule has 0 unspecified atom stereocenters. The number of hydrogen-bond acceptors (Lipinski definition) is 3. The summed E-state index contributed by atoms with van der Waals surface area (Å²) in [6, 6.07) is 4.54. The third-order valence-electron chi connectivity index (χ3n) is 4.53. The van der Waals surface area contributed by atoms with E-state index in [1.807, 2.05) is 0 Å². The summed E-state index contributed by atoms with van der Waals surface area (Å²) in [5.41, 5.74) is 2.64. The Morgan fingerprint density at radius 2 is 1.89 bits per heavy atom. The molecule has 0 radical (unpaired) electrons. The lowest BCUT2D eigenvalue weighted by Crippen LogP contribution is -2.51. The van der Waals surface area contributed by atoms with Gasteiger partial charge in [0, 0.05) is 12.0 Å². The van der Waals surface area contributed by atoms with E-state index in [4.69, 9.17) is 9.47 Å². The molecule has 4 heteroatoms. The van der Waals surface area contributed by atoms with Crippen molar-refractivity contribution in [3.63, 3.8) is 0 Å². The Labute approximate surface area is 115 Å². The van der Waals surface area contributed by atoms with Crippen LogP contribution in [-0.2, 0) is 6.42 Å². The van der Waals surface area contributed by atoms with E-state index in [0.29, 0.717) is 6.04 Å². The molecule has 106 valence electrons. The molecule has 1 aromatic carbocycles. The van der Waals surface area contributed by atoms with Gasteiger partial charge in [-0.15, -0.1) is 0 Å². The van der Waals surface area contributed by atoms with E-state index >= 15 is 0 Å². The van der Waals surface area contributed by atoms with E-state index < -0.39 is 0 Å². The van der Waals surface area contributed by atoms with Crippen molar-refractivity contribution in [2.75, 3.05) is 41.0 Å². The molecule has 0 aromatic heterocycles. The molecule has 0 saturated heterocycles. The Hall–Kier alpha value is -1.26. The fourth-order valence-corrected chi connectivity index (χ4v) is 2.98. The van der Waals surface area contributed by atoms with Crippen LogP contribution in [0.3, 0.4) is 0 Å². The van der Waals surface area contributed by atoms with Crippen LogP contribution in [0.4, 0.5) is 0 Å². The lowest BCUT2D eigenvalue weighted by molar-refractivity contribution is -0.939. The van der Waals surface area contributed by atoms with Crippen LogP contribution in [0.1, 0.15) is 24.1 Å². The smallest absolute Gasteiger partial charge is 0.161 e. The van der Waals surface area contributed by atoms with Crippen LogP contribution < -0.4 is 9.47 Å². The summed E-state index contributed by atoms with van der Waals surface area (Å²) >= 11 is 0. The number of methoxy groups -OCH3 is 2. The highest BCUT2D eigenvalue weighted by Gasteiger charge is 2.36. The average molecular weight is 266 g/mol. The van der Waals surface area contributed by atoms with Crippen LogP contribution in [0.25, 0.3) is 0 Å². The van der Waals surface area contributed by atoms with Crippen molar-refractivity contribution in [2.45, 2.75) is 19.4 Å². The number of ether oxygens (including phenoxy) is 2. The van der Waals surface area contributed by atoms with E-state index in [9.17, 15) is 5.11 Å². The van der Waals surface area contributed by atoms with Gasteiger partial charge in [-0.1, -0.05) is 0 Å². The zero-order valence-corrected chi connectivity index (χ0v) is 12.3. The molecule has 0 spiro atoms.